The van der Waals surface area contributed by atoms with Crippen molar-refractivity contribution in [3.63, 3.8) is 0 Å². The lowest BCUT2D eigenvalue weighted by molar-refractivity contribution is 0.262. The van der Waals surface area contributed by atoms with E-state index in [0.717, 1.165) is 12.3 Å². The first-order valence-corrected chi connectivity index (χ1v) is 7.04. The van der Waals surface area contributed by atoms with Crippen LogP contribution in [0.4, 0.5) is 0 Å². The van der Waals surface area contributed by atoms with Crippen molar-refractivity contribution in [3.05, 3.63) is 0 Å². The number of aliphatic hydroxyl groups is 1. The Hall–Kier alpha value is -0.0400. The van der Waals surface area contributed by atoms with Gasteiger partial charge < -0.3 is 5.11 Å². The lowest BCUT2D eigenvalue weighted by Crippen LogP contribution is -2.02. The first-order valence-electron chi connectivity index (χ1n) is 7.04. The molecule has 0 amide bonds. The van der Waals surface area contributed by atoms with Crippen molar-refractivity contribution in [2.24, 2.45) is 5.92 Å². The molecule has 1 rings (SSSR count). The molecule has 0 bridgehead atoms. The Morgan fingerprint density at radius 2 is 1.20 bits per heavy atom. The van der Waals surface area contributed by atoms with Crippen molar-refractivity contribution in [2.45, 2.75) is 77.0 Å². The SMILES string of the molecule is OCCCC1CCCCCCCCCC1. The molecule has 0 radical (unpaired) electrons. The van der Waals surface area contributed by atoms with E-state index in [0.29, 0.717) is 6.61 Å². The fraction of sp³-hybridized carbons (Fsp3) is 1.00. The highest BCUT2D eigenvalue weighted by molar-refractivity contribution is 4.62. The Bertz CT molecular complexity index is 121. The molecule has 0 saturated heterocycles. The fourth-order valence-corrected chi connectivity index (χ4v) is 2.74. The summed E-state index contributed by atoms with van der Waals surface area (Å²) in [6.45, 7) is 0.385. The molecule has 0 unspecified atom stereocenters. The molecule has 0 aromatic heterocycles. The molecule has 1 saturated carbocycles. The molecule has 0 spiro atoms. The van der Waals surface area contributed by atoms with E-state index in [-0.39, 0.29) is 0 Å². The van der Waals surface area contributed by atoms with E-state index in [1.165, 1.54) is 70.6 Å². The highest BCUT2D eigenvalue weighted by Gasteiger charge is 2.09. The molecule has 1 aliphatic carbocycles. The monoisotopic (exact) mass is 212 g/mol. The lowest BCUT2D eigenvalue weighted by atomic mass is 9.91. The average Bonchev–Trinajstić information content (AvgIpc) is 2.31. The Kier molecular flexibility index (Phi) is 7.99. The first kappa shape index (κ1) is 13.0. The summed E-state index contributed by atoms with van der Waals surface area (Å²) in [5.74, 6) is 0.912. The van der Waals surface area contributed by atoms with Crippen LogP contribution in [-0.4, -0.2) is 11.7 Å². The zero-order chi connectivity index (χ0) is 10.8. The molecular weight excluding hydrogens is 184 g/mol. The molecule has 0 aliphatic heterocycles. The van der Waals surface area contributed by atoms with Crippen molar-refractivity contribution >= 4 is 0 Å². The number of aliphatic hydroxyl groups excluding tert-OH is 1. The van der Waals surface area contributed by atoms with E-state index < -0.39 is 0 Å². The Morgan fingerprint density at radius 3 is 1.67 bits per heavy atom. The largest absolute Gasteiger partial charge is 0.396 e. The van der Waals surface area contributed by atoms with Gasteiger partial charge in [0, 0.05) is 6.61 Å². The molecule has 1 aliphatic rings. The summed E-state index contributed by atoms with van der Waals surface area (Å²) < 4.78 is 0. The molecule has 1 fully saturated rings. The first-order chi connectivity index (χ1) is 7.43. The van der Waals surface area contributed by atoms with Crippen molar-refractivity contribution < 1.29 is 5.11 Å². The van der Waals surface area contributed by atoms with Gasteiger partial charge in [-0.25, -0.2) is 0 Å². The van der Waals surface area contributed by atoms with Crippen LogP contribution in [-0.2, 0) is 0 Å². The van der Waals surface area contributed by atoms with Gasteiger partial charge in [-0.3, -0.25) is 0 Å². The third kappa shape index (κ3) is 6.94. The van der Waals surface area contributed by atoms with Crippen LogP contribution in [0, 0.1) is 5.92 Å². The molecular formula is C14H28O. The zero-order valence-electron chi connectivity index (χ0n) is 10.2. The summed E-state index contributed by atoms with van der Waals surface area (Å²) in [7, 11) is 0. The van der Waals surface area contributed by atoms with Crippen LogP contribution in [0.15, 0.2) is 0 Å². The maximum atomic E-state index is 8.87. The van der Waals surface area contributed by atoms with E-state index in [1.807, 2.05) is 0 Å². The molecule has 0 aromatic rings. The quantitative estimate of drug-likeness (QED) is 0.740. The standard InChI is InChI=1S/C14H28O/c15-13-9-12-14-10-7-5-3-1-2-4-6-8-11-14/h14-15H,1-13H2. The van der Waals surface area contributed by atoms with Crippen LogP contribution in [0.5, 0.6) is 0 Å². The summed E-state index contributed by atoms with van der Waals surface area (Å²) >= 11 is 0. The van der Waals surface area contributed by atoms with Gasteiger partial charge in [0.2, 0.25) is 0 Å². The molecule has 0 heterocycles. The van der Waals surface area contributed by atoms with Crippen molar-refractivity contribution in [1.82, 2.24) is 0 Å². The predicted octanol–water partition coefficient (Wildman–Crippen LogP) is 4.29. The molecule has 0 aromatic carbocycles. The van der Waals surface area contributed by atoms with Gasteiger partial charge in [-0.05, 0) is 18.8 Å². The summed E-state index contributed by atoms with van der Waals surface area (Å²) in [4.78, 5) is 0. The minimum absolute atomic E-state index is 0.385. The van der Waals surface area contributed by atoms with Gasteiger partial charge in [-0.2, -0.15) is 0 Å². The molecule has 1 nitrogen and oxygen atoms in total. The van der Waals surface area contributed by atoms with Crippen LogP contribution in [0.3, 0.4) is 0 Å². The van der Waals surface area contributed by atoms with Gasteiger partial charge in [0.05, 0.1) is 0 Å². The smallest absolute Gasteiger partial charge is 0.0431 e. The normalized spacial score (nSPS) is 22.2. The highest BCUT2D eigenvalue weighted by Crippen LogP contribution is 2.24. The van der Waals surface area contributed by atoms with Gasteiger partial charge in [0.1, 0.15) is 0 Å². The highest BCUT2D eigenvalue weighted by atomic mass is 16.2. The Balaban J connectivity index is 2.19. The van der Waals surface area contributed by atoms with Crippen LogP contribution in [0.1, 0.15) is 77.0 Å². The zero-order valence-corrected chi connectivity index (χ0v) is 10.2. The second kappa shape index (κ2) is 9.21. The molecule has 90 valence electrons. The minimum atomic E-state index is 0.385. The average molecular weight is 212 g/mol. The second-order valence-electron chi connectivity index (χ2n) is 5.14. The topological polar surface area (TPSA) is 20.2 Å². The van der Waals surface area contributed by atoms with Crippen molar-refractivity contribution in [2.75, 3.05) is 6.61 Å². The molecule has 1 heteroatoms. The van der Waals surface area contributed by atoms with Gasteiger partial charge in [-0.15, -0.1) is 0 Å². The van der Waals surface area contributed by atoms with Crippen molar-refractivity contribution in [3.8, 4) is 0 Å². The third-order valence-corrected chi connectivity index (χ3v) is 3.75. The van der Waals surface area contributed by atoms with Crippen molar-refractivity contribution in [1.29, 1.82) is 0 Å². The van der Waals surface area contributed by atoms with Crippen LogP contribution < -0.4 is 0 Å². The van der Waals surface area contributed by atoms with Gasteiger partial charge in [-0.1, -0.05) is 64.2 Å². The lowest BCUT2D eigenvalue weighted by Gasteiger charge is -2.15. The van der Waals surface area contributed by atoms with Gasteiger partial charge in [0.15, 0.2) is 0 Å². The number of rotatable bonds is 3. The van der Waals surface area contributed by atoms with E-state index in [1.54, 1.807) is 0 Å². The molecule has 1 N–H and O–H groups in total. The summed E-state index contributed by atoms with van der Waals surface area (Å²) in [6.07, 6.45) is 16.7. The summed E-state index contributed by atoms with van der Waals surface area (Å²) in [5.41, 5.74) is 0. The Morgan fingerprint density at radius 1 is 0.733 bits per heavy atom. The van der Waals surface area contributed by atoms with E-state index in [4.69, 9.17) is 5.11 Å². The predicted molar refractivity (Wildman–Crippen MR) is 66.0 cm³/mol. The van der Waals surface area contributed by atoms with Crippen LogP contribution in [0.25, 0.3) is 0 Å². The minimum Gasteiger partial charge on any atom is -0.396 e. The van der Waals surface area contributed by atoms with Crippen LogP contribution >= 0.6 is 0 Å². The summed E-state index contributed by atoms with van der Waals surface area (Å²) in [6, 6.07) is 0. The molecule has 0 atom stereocenters. The summed E-state index contributed by atoms with van der Waals surface area (Å²) in [5, 5.41) is 8.87. The second-order valence-corrected chi connectivity index (χ2v) is 5.14. The van der Waals surface area contributed by atoms with E-state index >= 15 is 0 Å². The van der Waals surface area contributed by atoms with E-state index in [2.05, 4.69) is 0 Å². The molecule has 15 heavy (non-hydrogen) atoms. The fourth-order valence-electron chi connectivity index (χ4n) is 2.74. The number of hydrogen-bond donors (Lipinski definition) is 1. The maximum Gasteiger partial charge on any atom is 0.0431 e. The Labute approximate surface area is 95.3 Å². The van der Waals surface area contributed by atoms with Gasteiger partial charge in [0.25, 0.3) is 0 Å². The van der Waals surface area contributed by atoms with E-state index in [9.17, 15) is 0 Å². The maximum absolute atomic E-state index is 8.87. The van der Waals surface area contributed by atoms with Crippen LogP contribution in [0.2, 0.25) is 0 Å². The number of hydrogen-bond acceptors (Lipinski definition) is 1. The third-order valence-electron chi connectivity index (χ3n) is 3.75. The van der Waals surface area contributed by atoms with Gasteiger partial charge >= 0.3 is 0 Å².